The average molecular weight is 290 g/mol. The van der Waals surface area contributed by atoms with Crippen LogP contribution in [0.3, 0.4) is 0 Å². The number of benzene rings is 2. The van der Waals surface area contributed by atoms with Gasteiger partial charge in [-0.2, -0.15) is 0 Å². The molecule has 0 aliphatic rings. The molecule has 0 aliphatic carbocycles. The second-order valence-electron chi connectivity index (χ2n) is 4.24. The topological polar surface area (TPSA) is 36.9 Å². The number of rotatable bonds is 7. The number of hydrogen-bond acceptors (Lipinski definition) is 4. The molecule has 0 heterocycles. The Balaban J connectivity index is 2.12. The van der Waals surface area contributed by atoms with Crippen LogP contribution in [-0.2, 0) is 9.16 Å². The third-order valence-corrected chi connectivity index (χ3v) is 4.39. The average Bonchev–Trinajstić information content (AvgIpc) is 2.47. The van der Waals surface area contributed by atoms with Crippen LogP contribution >= 0.6 is 0 Å². The van der Waals surface area contributed by atoms with Crippen LogP contribution in [0.5, 0.6) is 11.5 Å². The van der Waals surface area contributed by atoms with Gasteiger partial charge >= 0.3 is 8.80 Å². The highest BCUT2D eigenvalue weighted by molar-refractivity contribution is 6.60. The Bertz CT molecular complexity index is 462. The molecule has 0 spiro atoms. The van der Waals surface area contributed by atoms with Crippen LogP contribution in [0.2, 0.25) is 6.55 Å². The van der Waals surface area contributed by atoms with E-state index in [0.29, 0.717) is 11.5 Å². The first-order valence-corrected chi connectivity index (χ1v) is 8.55. The fourth-order valence-corrected chi connectivity index (χ4v) is 3.27. The lowest BCUT2D eigenvalue weighted by Gasteiger charge is -2.26. The fraction of sp³-hybridized carbons (Fsp3) is 0.200. The summed E-state index contributed by atoms with van der Waals surface area (Å²) in [5.74, 6) is 1.43. The Morgan fingerprint density at radius 2 is 1.25 bits per heavy atom. The van der Waals surface area contributed by atoms with Crippen molar-refractivity contribution >= 4 is 8.80 Å². The smallest absolute Gasteiger partial charge is 0.492 e. The zero-order valence-electron chi connectivity index (χ0n) is 11.6. The summed E-state index contributed by atoms with van der Waals surface area (Å²) in [7, 11) is -1.31. The third kappa shape index (κ3) is 4.38. The Hall–Kier alpha value is -1.82. The van der Waals surface area contributed by atoms with Crippen LogP contribution in [-0.4, -0.2) is 22.7 Å². The second-order valence-corrected chi connectivity index (χ2v) is 6.67. The normalized spacial score (nSPS) is 11.1. The van der Waals surface area contributed by atoms with Gasteiger partial charge < -0.3 is 18.0 Å². The molecule has 2 aromatic carbocycles. The van der Waals surface area contributed by atoms with Crippen molar-refractivity contribution in [2.75, 3.05) is 13.9 Å². The van der Waals surface area contributed by atoms with Crippen molar-refractivity contribution in [2.45, 2.75) is 6.55 Å². The summed E-state index contributed by atoms with van der Waals surface area (Å²) in [5, 5.41) is 0. The lowest BCUT2D eigenvalue weighted by Crippen LogP contribution is -2.49. The predicted molar refractivity (Wildman–Crippen MR) is 78.7 cm³/mol. The van der Waals surface area contributed by atoms with Crippen molar-refractivity contribution in [3.05, 3.63) is 60.7 Å². The Kier molecular flexibility index (Phi) is 5.17. The third-order valence-electron chi connectivity index (χ3n) is 2.53. The summed E-state index contributed by atoms with van der Waals surface area (Å²) < 4.78 is 22.5. The first-order chi connectivity index (χ1) is 9.72. The van der Waals surface area contributed by atoms with E-state index in [1.54, 1.807) is 7.11 Å². The minimum absolute atomic E-state index is 0.127. The van der Waals surface area contributed by atoms with Gasteiger partial charge in [0.05, 0.1) is 0 Å². The zero-order chi connectivity index (χ0) is 14.3. The minimum atomic E-state index is -2.88. The van der Waals surface area contributed by atoms with Gasteiger partial charge in [-0.1, -0.05) is 36.4 Å². The number of para-hydroxylation sites is 2. The number of ether oxygens (including phenoxy) is 1. The molecule has 0 fully saturated rings. The molecule has 0 aliphatic heterocycles. The molecule has 0 radical (unpaired) electrons. The first kappa shape index (κ1) is 14.6. The predicted octanol–water partition coefficient (Wildman–Crippen LogP) is 3.33. The fourth-order valence-electron chi connectivity index (χ4n) is 1.65. The number of hydrogen-bond donors (Lipinski definition) is 0. The van der Waals surface area contributed by atoms with Crippen molar-refractivity contribution in [1.29, 1.82) is 0 Å². The Labute approximate surface area is 120 Å². The maximum Gasteiger partial charge on any atom is 0.630 e. The van der Waals surface area contributed by atoms with Gasteiger partial charge in [-0.05, 0) is 24.3 Å². The highest BCUT2D eigenvalue weighted by atomic mass is 28.4. The molecule has 4 nitrogen and oxygen atoms in total. The number of methoxy groups -OCH3 is 1. The van der Waals surface area contributed by atoms with Gasteiger partial charge in [-0.25, -0.2) is 0 Å². The molecule has 0 saturated heterocycles. The van der Waals surface area contributed by atoms with Crippen molar-refractivity contribution in [2.24, 2.45) is 0 Å². The van der Waals surface area contributed by atoms with Gasteiger partial charge in [0.2, 0.25) is 0 Å². The molecule has 0 atom stereocenters. The summed E-state index contributed by atoms with van der Waals surface area (Å²) in [6.45, 7) is 1.97. The van der Waals surface area contributed by atoms with Crippen molar-refractivity contribution in [3.63, 3.8) is 0 Å². The van der Waals surface area contributed by atoms with E-state index in [0.717, 1.165) is 0 Å². The molecule has 106 valence electrons. The highest BCUT2D eigenvalue weighted by Crippen LogP contribution is 2.20. The van der Waals surface area contributed by atoms with Gasteiger partial charge in [0.15, 0.2) is 0 Å². The lowest BCUT2D eigenvalue weighted by molar-refractivity contribution is 0.0122. The lowest BCUT2D eigenvalue weighted by atomic mass is 10.3. The monoisotopic (exact) mass is 290 g/mol. The Morgan fingerprint density at radius 3 is 1.65 bits per heavy atom. The van der Waals surface area contributed by atoms with Gasteiger partial charge in [0, 0.05) is 13.7 Å². The van der Waals surface area contributed by atoms with Crippen LogP contribution in [0, 0.1) is 0 Å². The highest BCUT2D eigenvalue weighted by Gasteiger charge is 2.40. The molecule has 0 amide bonds. The largest absolute Gasteiger partial charge is 0.630 e. The second kappa shape index (κ2) is 7.09. The van der Waals surface area contributed by atoms with E-state index < -0.39 is 8.80 Å². The van der Waals surface area contributed by atoms with E-state index in [2.05, 4.69) is 0 Å². The molecule has 20 heavy (non-hydrogen) atoms. The molecule has 2 aromatic rings. The summed E-state index contributed by atoms with van der Waals surface area (Å²) >= 11 is 0. The van der Waals surface area contributed by atoms with Gasteiger partial charge in [-0.15, -0.1) is 0 Å². The molecule has 0 unspecified atom stereocenters. The molecule has 2 rings (SSSR count). The maximum atomic E-state index is 5.92. The van der Waals surface area contributed by atoms with Crippen LogP contribution in [0.25, 0.3) is 0 Å². The Morgan fingerprint density at radius 1 is 0.800 bits per heavy atom. The molecular weight excluding hydrogens is 272 g/mol. The van der Waals surface area contributed by atoms with E-state index in [-0.39, 0.29) is 6.79 Å². The molecule has 0 N–H and O–H groups in total. The van der Waals surface area contributed by atoms with Gasteiger partial charge in [0.1, 0.15) is 18.3 Å². The molecule has 0 aromatic heterocycles. The standard InChI is InChI=1S/C15H18O4Si/c1-16-13-17-20(2,18-14-9-5-3-6-10-14)19-15-11-7-4-8-12-15/h3-12H,13H2,1-2H3. The SMILES string of the molecule is COCO[Si](C)(Oc1ccccc1)Oc1ccccc1. The van der Waals surface area contributed by atoms with Crippen LogP contribution < -0.4 is 8.85 Å². The van der Waals surface area contributed by atoms with Gasteiger partial charge in [-0.3, -0.25) is 0 Å². The zero-order valence-corrected chi connectivity index (χ0v) is 12.6. The van der Waals surface area contributed by atoms with Crippen molar-refractivity contribution < 1.29 is 18.0 Å². The van der Waals surface area contributed by atoms with Crippen LogP contribution in [0.1, 0.15) is 0 Å². The quantitative estimate of drug-likeness (QED) is 0.579. The molecular formula is C15H18O4Si. The molecule has 0 bridgehead atoms. The van der Waals surface area contributed by atoms with Crippen LogP contribution in [0.15, 0.2) is 60.7 Å². The van der Waals surface area contributed by atoms with Crippen molar-refractivity contribution in [1.82, 2.24) is 0 Å². The van der Waals surface area contributed by atoms with E-state index in [9.17, 15) is 0 Å². The van der Waals surface area contributed by atoms with Crippen LogP contribution in [0.4, 0.5) is 0 Å². The van der Waals surface area contributed by atoms with Gasteiger partial charge in [0.25, 0.3) is 0 Å². The van der Waals surface area contributed by atoms with Crippen molar-refractivity contribution in [3.8, 4) is 11.5 Å². The summed E-state index contributed by atoms with van der Waals surface area (Å²) in [5.41, 5.74) is 0. The summed E-state index contributed by atoms with van der Waals surface area (Å²) in [4.78, 5) is 0. The summed E-state index contributed by atoms with van der Waals surface area (Å²) in [6, 6.07) is 19.0. The molecule has 5 heteroatoms. The van der Waals surface area contributed by atoms with E-state index in [1.807, 2.05) is 67.2 Å². The van der Waals surface area contributed by atoms with E-state index in [1.165, 1.54) is 0 Å². The molecule has 0 saturated carbocycles. The maximum absolute atomic E-state index is 5.92. The summed E-state index contributed by atoms with van der Waals surface area (Å²) in [6.07, 6.45) is 0. The minimum Gasteiger partial charge on any atom is -0.492 e. The van der Waals surface area contributed by atoms with E-state index in [4.69, 9.17) is 18.0 Å². The first-order valence-electron chi connectivity index (χ1n) is 6.33. The van der Waals surface area contributed by atoms with E-state index >= 15 is 0 Å².